The lowest BCUT2D eigenvalue weighted by molar-refractivity contribution is 0.388. The summed E-state index contributed by atoms with van der Waals surface area (Å²) in [6, 6.07) is 8.21. The van der Waals surface area contributed by atoms with Gasteiger partial charge in [-0.05, 0) is 47.6 Å². The van der Waals surface area contributed by atoms with E-state index in [0.717, 1.165) is 28.1 Å². The van der Waals surface area contributed by atoms with Crippen molar-refractivity contribution in [3.8, 4) is 11.5 Å². The van der Waals surface area contributed by atoms with Crippen molar-refractivity contribution in [1.29, 1.82) is 0 Å². The lowest BCUT2D eigenvalue weighted by Gasteiger charge is -2.21. The van der Waals surface area contributed by atoms with Crippen LogP contribution in [0, 0.1) is 6.92 Å². The summed E-state index contributed by atoms with van der Waals surface area (Å²) in [5.41, 5.74) is 1.11. The minimum absolute atomic E-state index is 0.101. The van der Waals surface area contributed by atoms with Crippen LogP contribution < -0.4 is 14.8 Å². The van der Waals surface area contributed by atoms with Crippen LogP contribution in [0.2, 0.25) is 0 Å². The highest BCUT2D eigenvalue weighted by molar-refractivity contribution is 9.10. The molecule has 0 saturated heterocycles. The van der Waals surface area contributed by atoms with E-state index in [4.69, 9.17) is 9.47 Å². The van der Waals surface area contributed by atoms with E-state index in [2.05, 4.69) is 47.2 Å². The molecule has 0 aliphatic rings. The van der Waals surface area contributed by atoms with Crippen molar-refractivity contribution < 1.29 is 9.47 Å². The van der Waals surface area contributed by atoms with Gasteiger partial charge in [0.25, 0.3) is 0 Å². The Labute approximate surface area is 138 Å². The first kappa shape index (κ1) is 16.3. The highest BCUT2D eigenvalue weighted by Gasteiger charge is 2.22. The molecule has 0 aliphatic carbocycles. The van der Waals surface area contributed by atoms with Crippen molar-refractivity contribution in [2.45, 2.75) is 19.9 Å². The molecule has 21 heavy (non-hydrogen) atoms. The Balaban J connectivity index is 2.50. The van der Waals surface area contributed by atoms with Gasteiger partial charge in [-0.3, -0.25) is 0 Å². The summed E-state index contributed by atoms with van der Waals surface area (Å²) in [7, 11) is 3.35. The van der Waals surface area contributed by atoms with Gasteiger partial charge >= 0.3 is 0 Å². The molecule has 0 aliphatic heterocycles. The highest BCUT2D eigenvalue weighted by Crippen LogP contribution is 2.39. The smallest absolute Gasteiger partial charge is 0.127 e. The predicted molar refractivity (Wildman–Crippen MR) is 91.8 cm³/mol. The number of hydrogen-bond acceptors (Lipinski definition) is 4. The number of halogens is 1. The van der Waals surface area contributed by atoms with Crippen molar-refractivity contribution in [1.82, 2.24) is 5.32 Å². The molecule has 0 spiro atoms. The van der Waals surface area contributed by atoms with E-state index >= 15 is 0 Å². The summed E-state index contributed by atoms with van der Waals surface area (Å²) < 4.78 is 12.0. The van der Waals surface area contributed by atoms with Gasteiger partial charge in [0.1, 0.15) is 11.5 Å². The zero-order chi connectivity index (χ0) is 15.4. The molecule has 0 amide bonds. The Hall–Kier alpha value is -1.04. The van der Waals surface area contributed by atoms with E-state index in [1.165, 1.54) is 9.75 Å². The molecule has 3 nitrogen and oxygen atoms in total. The predicted octanol–water partition coefficient (Wildman–Crippen LogP) is 4.54. The second kappa shape index (κ2) is 7.29. The van der Waals surface area contributed by atoms with Crippen LogP contribution in [-0.4, -0.2) is 20.8 Å². The standard InChI is InChI=1S/C16H20BrNO2S/c1-5-18-15(16-13(17)8-10(2)21-16)12-7-6-11(19-3)9-14(12)20-4/h6-9,15,18H,5H2,1-4H3. The second-order valence-electron chi connectivity index (χ2n) is 4.67. The number of hydrogen-bond donors (Lipinski definition) is 1. The minimum Gasteiger partial charge on any atom is -0.497 e. The fraction of sp³-hybridized carbons (Fsp3) is 0.375. The lowest BCUT2D eigenvalue weighted by Crippen LogP contribution is -2.22. The van der Waals surface area contributed by atoms with Gasteiger partial charge in [-0.1, -0.05) is 6.92 Å². The molecule has 1 N–H and O–H groups in total. The summed E-state index contributed by atoms with van der Waals surface area (Å²) in [4.78, 5) is 2.55. The van der Waals surface area contributed by atoms with Crippen LogP contribution in [0.4, 0.5) is 0 Å². The largest absolute Gasteiger partial charge is 0.497 e. The van der Waals surface area contributed by atoms with Crippen LogP contribution in [0.25, 0.3) is 0 Å². The number of methoxy groups -OCH3 is 2. The number of nitrogens with one attached hydrogen (secondary N) is 1. The molecule has 2 aromatic rings. The van der Waals surface area contributed by atoms with E-state index in [-0.39, 0.29) is 6.04 Å². The molecule has 1 aromatic heterocycles. The maximum Gasteiger partial charge on any atom is 0.127 e. The molecule has 1 aromatic carbocycles. The summed E-state index contributed by atoms with van der Waals surface area (Å²) in [5.74, 6) is 1.63. The lowest BCUT2D eigenvalue weighted by atomic mass is 10.0. The molecular formula is C16H20BrNO2S. The summed E-state index contributed by atoms with van der Waals surface area (Å²) in [6.07, 6.45) is 0. The average Bonchev–Trinajstić information content (AvgIpc) is 2.82. The number of ether oxygens (including phenoxy) is 2. The van der Waals surface area contributed by atoms with Gasteiger partial charge in [-0.2, -0.15) is 0 Å². The summed E-state index contributed by atoms with van der Waals surface area (Å²) in [6.45, 7) is 5.10. The average molecular weight is 370 g/mol. The SMILES string of the molecule is CCNC(c1ccc(OC)cc1OC)c1sc(C)cc1Br. The first-order valence-corrected chi connectivity index (χ1v) is 8.42. The zero-order valence-electron chi connectivity index (χ0n) is 12.7. The quantitative estimate of drug-likeness (QED) is 0.810. The third kappa shape index (κ3) is 3.59. The Kier molecular flexibility index (Phi) is 5.67. The Bertz CT molecular complexity index is 612. The van der Waals surface area contributed by atoms with Crippen LogP contribution in [0.15, 0.2) is 28.7 Å². The number of rotatable bonds is 6. The molecule has 114 valence electrons. The molecule has 5 heteroatoms. The molecular weight excluding hydrogens is 350 g/mol. The van der Waals surface area contributed by atoms with Crippen LogP contribution in [0.5, 0.6) is 11.5 Å². The van der Waals surface area contributed by atoms with Crippen LogP contribution >= 0.6 is 27.3 Å². The maximum atomic E-state index is 5.55. The fourth-order valence-corrected chi connectivity index (χ4v) is 4.28. The van der Waals surface area contributed by atoms with Crippen molar-refractivity contribution >= 4 is 27.3 Å². The summed E-state index contributed by atoms with van der Waals surface area (Å²) in [5, 5.41) is 3.54. The number of aryl methyl sites for hydroxylation is 1. The van der Waals surface area contributed by atoms with Gasteiger partial charge in [0, 0.05) is 25.9 Å². The Morgan fingerprint density at radius 1 is 1.24 bits per heavy atom. The normalized spacial score (nSPS) is 12.2. The van der Waals surface area contributed by atoms with Crippen LogP contribution in [0.3, 0.4) is 0 Å². The Morgan fingerprint density at radius 2 is 2.00 bits per heavy atom. The van der Waals surface area contributed by atoms with E-state index in [9.17, 15) is 0 Å². The van der Waals surface area contributed by atoms with Gasteiger partial charge < -0.3 is 14.8 Å². The van der Waals surface area contributed by atoms with Gasteiger partial charge in [-0.25, -0.2) is 0 Å². The Morgan fingerprint density at radius 3 is 2.52 bits per heavy atom. The van der Waals surface area contributed by atoms with Crippen molar-refractivity contribution in [3.05, 3.63) is 44.1 Å². The van der Waals surface area contributed by atoms with E-state index in [1.807, 2.05) is 12.1 Å². The molecule has 1 heterocycles. The summed E-state index contributed by atoms with van der Waals surface area (Å²) >= 11 is 5.45. The van der Waals surface area contributed by atoms with Crippen molar-refractivity contribution in [2.75, 3.05) is 20.8 Å². The van der Waals surface area contributed by atoms with Gasteiger partial charge in [0.15, 0.2) is 0 Å². The van der Waals surface area contributed by atoms with E-state index in [0.29, 0.717) is 0 Å². The molecule has 0 fully saturated rings. The van der Waals surface area contributed by atoms with E-state index in [1.54, 1.807) is 25.6 Å². The van der Waals surface area contributed by atoms with Crippen LogP contribution in [-0.2, 0) is 0 Å². The zero-order valence-corrected chi connectivity index (χ0v) is 15.1. The monoisotopic (exact) mass is 369 g/mol. The van der Waals surface area contributed by atoms with Crippen LogP contribution in [0.1, 0.15) is 28.3 Å². The van der Waals surface area contributed by atoms with E-state index < -0.39 is 0 Å². The topological polar surface area (TPSA) is 30.5 Å². The van der Waals surface area contributed by atoms with Gasteiger partial charge in [0.2, 0.25) is 0 Å². The number of benzene rings is 1. The maximum absolute atomic E-state index is 5.55. The fourth-order valence-electron chi connectivity index (χ4n) is 2.30. The third-order valence-electron chi connectivity index (χ3n) is 3.26. The molecule has 0 saturated carbocycles. The molecule has 1 atom stereocenters. The minimum atomic E-state index is 0.101. The van der Waals surface area contributed by atoms with Crippen molar-refractivity contribution in [3.63, 3.8) is 0 Å². The molecule has 2 rings (SSSR count). The van der Waals surface area contributed by atoms with Crippen molar-refractivity contribution in [2.24, 2.45) is 0 Å². The first-order chi connectivity index (χ1) is 10.1. The van der Waals surface area contributed by atoms with Gasteiger partial charge in [0.05, 0.1) is 20.3 Å². The number of thiophene rings is 1. The molecule has 0 bridgehead atoms. The molecule has 0 radical (unpaired) electrons. The second-order valence-corrected chi connectivity index (χ2v) is 6.81. The first-order valence-electron chi connectivity index (χ1n) is 6.81. The van der Waals surface area contributed by atoms with Gasteiger partial charge in [-0.15, -0.1) is 11.3 Å². The highest BCUT2D eigenvalue weighted by atomic mass is 79.9. The third-order valence-corrected chi connectivity index (χ3v) is 5.29. The molecule has 1 unspecified atom stereocenters.